The van der Waals surface area contributed by atoms with Crippen molar-refractivity contribution in [3.63, 3.8) is 0 Å². The number of ether oxygens (including phenoxy) is 1. The average Bonchev–Trinajstić information content (AvgIpc) is 3.88. The molecule has 1 saturated heterocycles. The lowest BCUT2D eigenvalue weighted by atomic mass is 10.1. The summed E-state index contributed by atoms with van der Waals surface area (Å²) >= 11 is 0. The largest absolute Gasteiger partial charge is 0.506 e. The first kappa shape index (κ1) is 71.6. The van der Waals surface area contributed by atoms with Gasteiger partial charge in [0.05, 0.1) is 53.5 Å². The predicted molar refractivity (Wildman–Crippen MR) is 298 cm³/mol. The zero-order valence-electron chi connectivity index (χ0n) is 46.7. The molecule has 4 aromatic carbocycles. The van der Waals surface area contributed by atoms with Gasteiger partial charge in [-0.1, -0.05) is 6.07 Å². The predicted octanol–water partition coefficient (Wildman–Crippen LogP) is 3.17. The summed E-state index contributed by atoms with van der Waals surface area (Å²) in [6.45, 7) is 11.4. The van der Waals surface area contributed by atoms with E-state index in [2.05, 4.69) is 20.9 Å². The van der Waals surface area contributed by atoms with Crippen molar-refractivity contribution >= 4 is 63.7 Å². The minimum absolute atomic E-state index is 0.0305. The number of hydrogen-bond acceptors (Lipinski definition) is 18. The van der Waals surface area contributed by atoms with Crippen LogP contribution in [-0.2, 0) is 19.1 Å². The smallest absolute Gasteiger partial charge is 0.335 e. The van der Waals surface area contributed by atoms with Crippen molar-refractivity contribution in [3.05, 3.63) is 114 Å². The summed E-state index contributed by atoms with van der Waals surface area (Å²) in [7, 11) is 11.6. The lowest BCUT2D eigenvalue weighted by Gasteiger charge is -2.17. The van der Waals surface area contributed by atoms with Crippen molar-refractivity contribution in [2.45, 2.75) is 84.4 Å². The third-order valence-corrected chi connectivity index (χ3v) is 9.62. The number of hydrogen-bond donors (Lipinski definition) is 13. The van der Waals surface area contributed by atoms with E-state index in [1.165, 1.54) is 74.1 Å². The first-order chi connectivity index (χ1) is 36.8. The number of phenolic OH excluding ortho intramolecular Hbond substituents is 1. The Morgan fingerprint density at radius 1 is 0.557 bits per heavy atom. The van der Waals surface area contributed by atoms with Gasteiger partial charge in [-0.3, -0.25) is 14.4 Å². The van der Waals surface area contributed by atoms with E-state index in [-0.39, 0.29) is 65.1 Å². The molecule has 438 valence electrons. The minimum atomic E-state index is -1.17. The normalized spacial score (nSPS) is 16.1. The Labute approximate surface area is 459 Å². The number of fused-ring (bicyclic) bond motifs is 1. The molecule has 5 aromatic rings. The second-order valence-electron chi connectivity index (χ2n) is 18.6. The van der Waals surface area contributed by atoms with E-state index >= 15 is 0 Å². The van der Waals surface area contributed by atoms with Crippen molar-refractivity contribution in [2.24, 2.45) is 0 Å². The Morgan fingerprint density at radius 2 is 0.873 bits per heavy atom. The minimum Gasteiger partial charge on any atom is -0.506 e. The SMILES string of the molecule is CC(=O)Nc1ccc(C(=O)O)cc1.CC(=O)Nc1ccc(C(=O)O)cc1.CC(=O)Nc1ccc(C(=O)O)cc1.CC(O)CN(C)C.CC(O)CN(C)C.CC(O)CN(C)C.OC[C@H]1O[C@@H](n2cnc3c(O)cccc32)[C@H](O)[C@@H]1O. The molecule has 1 aliphatic heterocycles. The lowest BCUT2D eigenvalue weighted by molar-refractivity contribution is -0.115. The number of carboxylic acid groups (broad SMARTS) is 3. The molecule has 1 fully saturated rings. The molecular formula is C54H80N8O17. The number of benzene rings is 4. The third-order valence-electron chi connectivity index (χ3n) is 9.62. The van der Waals surface area contributed by atoms with Crippen LogP contribution in [0.15, 0.2) is 97.3 Å². The van der Waals surface area contributed by atoms with Gasteiger partial charge in [-0.2, -0.15) is 0 Å². The van der Waals surface area contributed by atoms with E-state index in [0.717, 1.165) is 19.6 Å². The molecule has 79 heavy (non-hydrogen) atoms. The van der Waals surface area contributed by atoms with Crippen LogP contribution in [0.25, 0.3) is 11.0 Å². The number of nitrogens with one attached hydrogen (secondary N) is 3. The molecule has 1 aromatic heterocycles. The number of anilines is 3. The number of aromatic nitrogens is 2. The Hall–Kier alpha value is -7.43. The fraction of sp³-hybridized carbons (Fsp3) is 0.426. The van der Waals surface area contributed by atoms with Crippen LogP contribution in [0.3, 0.4) is 0 Å². The highest BCUT2D eigenvalue weighted by Gasteiger charge is 2.43. The number of rotatable bonds is 14. The molecule has 0 saturated carbocycles. The van der Waals surface area contributed by atoms with Crippen molar-refractivity contribution in [1.29, 1.82) is 0 Å². The first-order valence-corrected chi connectivity index (χ1v) is 24.4. The summed E-state index contributed by atoms with van der Waals surface area (Å²) in [6, 6.07) is 22.8. The van der Waals surface area contributed by atoms with Crippen LogP contribution in [0.4, 0.5) is 17.1 Å². The van der Waals surface area contributed by atoms with E-state index in [0.29, 0.717) is 28.1 Å². The van der Waals surface area contributed by atoms with Gasteiger partial charge < -0.3 is 91.0 Å². The number of imidazole rings is 1. The Morgan fingerprint density at radius 3 is 1.10 bits per heavy atom. The quantitative estimate of drug-likeness (QED) is 0.0759. The molecule has 3 unspecified atom stereocenters. The van der Waals surface area contributed by atoms with E-state index in [1.54, 1.807) is 69.3 Å². The topological polar surface area (TPSA) is 378 Å². The molecule has 25 heteroatoms. The average molecular weight is 1110 g/mol. The number of amides is 3. The first-order valence-electron chi connectivity index (χ1n) is 24.4. The van der Waals surface area contributed by atoms with Crippen molar-refractivity contribution < 1.29 is 84.6 Å². The van der Waals surface area contributed by atoms with E-state index in [1.807, 2.05) is 57.0 Å². The van der Waals surface area contributed by atoms with Gasteiger partial charge in [0.2, 0.25) is 17.7 Å². The Balaban J connectivity index is 0.000000929. The molecule has 0 spiro atoms. The van der Waals surface area contributed by atoms with E-state index in [9.17, 15) is 44.1 Å². The third kappa shape index (κ3) is 30.9. The summed E-state index contributed by atoms with van der Waals surface area (Å²) in [5, 5.41) is 97.8. The van der Waals surface area contributed by atoms with Crippen LogP contribution >= 0.6 is 0 Å². The summed E-state index contributed by atoms with van der Waals surface area (Å²) < 4.78 is 6.95. The molecule has 7 atom stereocenters. The molecule has 0 aliphatic carbocycles. The number of aliphatic hydroxyl groups excluding tert-OH is 6. The number of para-hydroxylation sites is 1. The van der Waals surface area contributed by atoms with Gasteiger partial charge in [0, 0.05) is 57.5 Å². The number of phenols is 1. The summed E-state index contributed by atoms with van der Waals surface area (Å²) in [5.74, 6) is -3.43. The van der Waals surface area contributed by atoms with Gasteiger partial charge in [0.25, 0.3) is 0 Å². The van der Waals surface area contributed by atoms with Crippen LogP contribution in [0.1, 0.15) is 78.8 Å². The summed E-state index contributed by atoms with van der Waals surface area (Å²) in [4.78, 5) is 73.1. The highest BCUT2D eigenvalue weighted by atomic mass is 16.6. The molecule has 13 N–H and O–H groups in total. The van der Waals surface area contributed by atoms with Gasteiger partial charge in [-0.05, 0) is 148 Å². The van der Waals surface area contributed by atoms with Crippen LogP contribution in [0.5, 0.6) is 5.75 Å². The highest BCUT2D eigenvalue weighted by molar-refractivity contribution is 5.93. The monoisotopic (exact) mass is 1110 g/mol. The maximum atomic E-state index is 10.6. The van der Waals surface area contributed by atoms with Crippen molar-refractivity contribution in [1.82, 2.24) is 24.3 Å². The van der Waals surface area contributed by atoms with Gasteiger partial charge in [0.15, 0.2) is 6.23 Å². The fourth-order valence-electron chi connectivity index (χ4n) is 6.64. The number of carbonyl (C=O) groups is 6. The Bertz CT molecular complexity index is 2370. The maximum absolute atomic E-state index is 10.6. The molecule has 0 radical (unpaired) electrons. The summed E-state index contributed by atoms with van der Waals surface area (Å²) in [6.07, 6.45) is -3.19. The number of carboxylic acids is 3. The second kappa shape index (κ2) is 37.4. The zero-order valence-corrected chi connectivity index (χ0v) is 46.7. The highest BCUT2D eigenvalue weighted by Crippen LogP contribution is 2.33. The molecular weight excluding hydrogens is 1030 g/mol. The molecule has 0 bridgehead atoms. The standard InChI is InChI=1S/C12H14N2O5.3C9H9NO3.3C5H13NO/c15-4-8-10(17)11(18)12(19-8)14-5-13-9-6(14)2-1-3-7(9)16;3*1-6(11)10-8-4-2-7(3-5-8)9(12)13;3*1-5(7)4-6(2)3/h1-3,5,8,10-12,15-18H,4H2;3*2-5H,1H3,(H,10,11)(H,12,13);3*5,7H,4H2,1-3H3/t8-,10-,11-,12-;;;;;;/m1....../s1. The van der Waals surface area contributed by atoms with Crippen LogP contribution in [0, 0.1) is 0 Å². The van der Waals surface area contributed by atoms with Crippen molar-refractivity contribution in [3.8, 4) is 5.75 Å². The van der Waals surface area contributed by atoms with Gasteiger partial charge in [-0.15, -0.1) is 0 Å². The van der Waals surface area contributed by atoms with E-state index < -0.39 is 42.4 Å². The van der Waals surface area contributed by atoms with Crippen molar-refractivity contribution in [2.75, 3.05) is 84.5 Å². The summed E-state index contributed by atoms with van der Waals surface area (Å²) in [5.41, 5.74) is 3.36. The Kier molecular flexibility index (Phi) is 33.9. The van der Waals surface area contributed by atoms with Gasteiger partial charge in [0.1, 0.15) is 29.6 Å². The lowest BCUT2D eigenvalue weighted by Crippen LogP contribution is -2.33. The van der Waals surface area contributed by atoms with E-state index in [4.69, 9.17) is 40.5 Å². The van der Waals surface area contributed by atoms with Crippen LogP contribution in [-0.4, -0.2) is 216 Å². The molecule has 1 aliphatic rings. The number of nitrogens with zero attached hydrogens (tertiary/aromatic N) is 5. The second-order valence-corrected chi connectivity index (χ2v) is 18.6. The number of carbonyl (C=O) groups excluding carboxylic acids is 3. The number of likely N-dealkylation sites (N-methyl/N-ethyl adjacent to an activating group) is 3. The number of aromatic hydroxyl groups is 1. The molecule has 25 nitrogen and oxygen atoms in total. The number of aromatic carboxylic acids is 3. The molecule has 6 rings (SSSR count). The maximum Gasteiger partial charge on any atom is 0.335 e. The van der Waals surface area contributed by atoms with Crippen LogP contribution < -0.4 is 16.0 Å². The van der Waals surface area contributed by atoms with Crippen LogP contribution in [0.2, 0.25) is 0 Å². The molecule has 2 heterocycles. The van der Waals surface area contributed by atoms with Gasteiger partial charge >= 0.3 is 17.9 Å². The fourth-order valence-corrected chi connectivity index (χ4v) is 6.64. The van der Waals surface area contributed by atoms with Gasteiger partial charge in [-0.25, -0.2) is 19.4 Å². The number of aliphatic hydroxyl groups is 6. The zero-order chi connectivity index (χ0) is 60.7. The molecule has 3 amide bonds.